The minimum Gasteiger partial charge on any atom is -0.396 e. The first kappa shape index (κ1) is 15.8. The van der Waals surface area contributed by atoms with Crippen LogP contribution in [-0.4, -0.2) is 18.9 Å². The van der Waals surface area contributed by atoms with Gasteiger partial charge in [-0.2, -0.15) is 5.26 Å². The van der Waals surface area contributed by atoms with Gasteiger partial charge in [-0.3, -0.25) is 4.79 Å². The zero-order valence-electron chi connectivity index (χ0n) is 11.8. The third kappa shape index (κ3) is 2.91. The van der Waals surface area contributed by atoms with E-state index in [1.165, 1.54) is 22.7 Å². The van der Waals surface area contributed by atoms with Gasteiger partial charge in [-0.25, -0.2) is 0 Å². The van der Waals surface area contributed by atoms with Crippen molar-refractivity contribution < 1.29 is 4.79 Å². The van der Waals surface area contributed by atoms with Gasteiger partial charge in [0.05, 0.1) is 14.9 Å². The summed E-state index contributed by atoms with van der Waals surface area (Å²) < 4.78 is 0.550. The molecule has 0 fully saturated rings. The van der Waals surface area contributed by atoms with Crippen molar-refractivity contribution >= 4 is 50.7 Å². The second kappa shape index (κ2) is 6.06. The van der Waals surface area contributed by atoms with Crippen molar-refractivity contribution in [2.75, 3.05) is 17.7 Å². The molecule has 0 aromatic carbocycles. The lowest BCUT2D eigenvalue weighted by Gasteiger charge is -2.22. The van der Waals surface area contributed by atoms with E-state index in [9.17, 15) is 10.1 Å². The molecule has 0 spiro atoms. The predicted molar refractivity (Wildman–Crippen MR) is 89.7 cm³/mol. The van der Waals surface area contributed by atoms with Gasteiger partial charge in [0.2, 0.25) is 5.78 Å². The highest BCUT2D eigenvalue weighted by molar-refractivity contribution is 7.21. The normalized spacial score (nSPS) is 10.7. The summed E-state index contributed by atoms with van der Waals surface area (Å²) in [6.07, 6.45) is 0. The van der Waals surface area contributed by atoms with Crippen LogP contribution in [0.15, 0.2) is 12.1 Å². The van der Waals surface area contributed by atoms with Crippen molar-refractivity contribution in [3.8, 4) is 6.07 Å². The van der Waals surface area contributed by atoms with Crippen LogP contribution >= 0.6 is 34.3 Å². The number of nitrogen functional groups attached to an aromatic ring is 1. The van der Waals surface area contributed by atoms with Crippen molar-refractivity contribution in [3.63, 3.8) is 0 Å². The standard InChI is InChI=1S/C14H14ClN3OS2/c1-7(2)18(3)14-8(6-16)11(17)13(21-14)12(19)9-4-5-10(15)20-9/h4-5,7H,17H2,1-3H3. The minimum absolute atomic E-state index is 0.186. The molecule has 0 atom stereocenters. The third-order valence-electron chi connectivity index (χ3n) is 3.14. The number of nitrogens with zero attached hydrogens (tertiary/aromatic N) is 2. The molecule has 0 aliphatic heterocycles. The number of rotatable bonds is 4. The molecule has 2 rings (SSSR count). The van der Waals surface area contributed by atoms with E-state index in [1.54, 1.807) is 12.1 Å². The molecule has 0 radical (unpaired) electrons. The molecule has 0 aliphatic rings. The number of hydrogen-bond donors (Lipinski definition) is 1. The molecule has 2 heterocycles. The molecule has 0 bridgehead atoms. The van der Waals surface area contributed by atoms with E-state index < -0.39 is 0 Å². The smallest absolute Gasteiger partial charge is 0.215 e. The summed E-state index contributed by atoms with van der Waals surface area (Å²) in [7, 11) is 1.88. The Kier molecular flexibility index (Phi) is 4.57. The van der Waals surface area contributed by atoms with Gasteiger partial charge >= 0.3 is 0 Å². The zero-order valence-corrected chi connectivity index (χ0v) is 14.2. The van der Waals surface area contributed by atoms with Crippen molar-refractivity contribution in [1.82, 2.24) is 0 Å². The van der Waals surface area contributed by atoms with E-state index in [0.29, 0.717) is 19.7 Å². The average Bonchev–Trinajstić information content (AvgIpc) is 3.00. The monoisotopic (exact) mass is 339 g/mol. The maximum absolute atomic E-state index is 12.5. The van der Waals surface area contributed by atoms with E-state index >= 15 is 0 Å². The second-order valence-corrected chi connectivity index (χ2v) is 7.49. The molecule has 0 saturated heterocycles. The quantitative estimate of drug-likeness (QED) is 0.855. The van der Waals surface area contributed by atoms with Crippen LogP contribution < -0.4 is 10.6 Å². The average molecular weight is 340 g/mol. The molecule has 0 unspecified atom stereocenters. The predicted octanol–water partition coefficient (Wildman–Crippen LogP) is 3.99. The first-order chi connectivity index (χ1) is 9.86. The lowest BCUT2D eigenvalue weighted by atomic mass is 10.2. The van der Waals surface area contributed by atoms with Gasteiger partial charge in [0.25, 0.3) is 0 Å². The first-order valence-corrected chi connectivity index (χ1v) is 8.23. The van der Waals surface area contributed by atoms with Gasteiger partial charge < -0.3 is 10.6 Å². The molecule has 4 nitrogen and oxygen atoms in total. The fraction of sp³-hybridized carbons (Fsp3) is 0.286. The molecule has 0 saturated carbocycles. The van der Waals surface area contributed by atoms with Crippen molar-refractivity contribution in [3.05, 3.63) is 31.8 Å². The van der Waals surface area contributed by atoms with Crippen LogP contribution in [0.3, 0.4) is 0 Å². The van der Waals surface area contributed by atoms with Crippen molar-refractivity contribution in [2.45, 2.75) is 19.9 Å². The lowest BCUT2D eigenvalue weighted by Crippen LogP contribution is -2.25. The summed E-state index contributed by atoms with van der Waals surface area (Å²) in [4.78, 5) is 15.4. The van der Waals surface area contributed by atoms with E-state index in [4.69, 9.17) is 17.3 Å². The second-order valence-electron chi connectivity index (χ2n) is 4.77. The summed E-state index contributed by atoms with van der Waals surface area (Å²) in [6.45, 7) is 4.02. The maximum Gasteiger partial charge on any atom is 0.215 e. The molecule has 2 N–H and O–H groups in total. The Morgan fingerprint density at radius 1 is 1.43 bits per heavy atom. The number of hydrogen-bond acceptors (Lipinski definition) is 6. The van der Waals surface area contributed by atoms with Crippen LogP contribution in [0.2, 0.25) is 4.34 Å². The van der Waals surface area contributed by atoms with Gasteiger partial charge in [-0.05, 0) is 26.0 Å². The Labute approximate surface area is 136 Å². The summed E-state index contributed by atoms with van der Waals surface area (Å²) in [6, 6.07) is 5.65. The number of carbonyl (C=O) groups excluding carboxylic acids is 1. The Balaban J connectivity index is 2.51. The Hall–Kier alpha value is -1.55. The Bertz CT molecular complexity index is 727. The number of ketones is 1. The summed E-state index contributed by atoms with van der Waals surface area (Å²) in [5.41, 5.74) is 6.62. The molecule has 0 amide bonds. The fourth-order valence-electron chi connectivity index (χ4n) is 1.74. The number of anilines is 2. The minimum atomic E-state index is -0.186. The van der Waals surface area contributed by atoms with E-state index in [-0.39, 0.29) is 17.5 Å². The van der Waals surface area contributed by atoms with Crippen LogP contribution in [0.1, 0.15) is 34.0 Å². The molecule has 0 aliphatic carbocycles. The largest absolute Gasteiger partial charge is 0.396 e. The van der Waals surface area contributed by atoms with E-state index in [0.717, 1.165) is 5.00 Å². The SMILES string of the molecule is CC(C)N(C)c1sc(C(=O)c2ccc(Cl)s2)c(N)c1C#N. The molecule has 110 valence electrons. The van der Waals surface area contributed by atoms with Crippen LogP contribution in [0, 0.1) is 11.3 Å². The first-order valence-electron chi connectivity index (χ1n) is 6.22. The molecule has 2 aromatic heterocycles. The maximum atomic E-state index is 12.5. The van der Waals surface area contributed by atoms with Gasteiger partial charge in [-0.15, -0.1) is 22.7 Å². The number of thiophene rings is 2. The fourth-order valence-corrected chi connectivity index (χ4v) is 4.01. The number of nitriles is 1. The topological polar surface area (TPSA) is 70.1 Å². The highest BCUT2D eigenvalue weighted by Gasteiger charge is 2.25. The van der Waals surface area contributed by atoms with Crippen LogP contribution in [0.4, 0.5) is 10.7 Å². The van der Waals surface area contributed by atoms with Crippen molar-refractivity contribution in [2.24, 2.45) is 0 Å². The molecule has 7 heteroatoms. The van der Waals surface area contributed by atoms with Gasteiger partial charge in [-0.1, -0.05) is 11.6 Å². The number of carbonyl (C=O) groups is 1. The molecular formula is C14H14ClN3OS2. The molecule has 2 aromatic rings. The molecule has 21 heavy (non-hydrogen) atoms. The molecular weight excluding hydrogens is 326 g/mol. The van der Waals surface area contributed by atoms with Gasteiger partial charge in [0.15, 0.2) is 0 Å². The van der Waals surface area contributed by atoms with Gasteiger partial charge in [0.1, 0.15) is 21.5 Å². The zero-order chi connectivity index (χ0) is 15.7. The Morgan fingerprint density at radius 2 is 2.10 bits per heavy atom. The summed E-state index contributed by atoms with van der Waals surface area (Å²) >= 11 is 8.32. The highest BCUT2D eigenvalue weighted by Crippen LogP contribution is 2.40. The third-order valence-corrected chi connectivity index (χ3v) is 5.66. The van der Waals surface area contributed by atoms with E-state index in [2.05, 4.69) is 6.07 Å². The lowest BCUT2D eigenvalue weighted by molar-refractivity contribution is 0.104. The van der Waals surface area contributed by atoms with Crippen LogP contribution in [-0.2, 0) is 0 Å². The Morgan fingerprint density at radius 3 is 2.57 bits per heavy atom. The highest BCUT2D eigenvalue weighted by atomic mass is 35.5. The van der Waals surface area contributed by atoms with Crippen LogP contribution in [0.5, 0.6) is 0 Å². The van der Waals surface area contributed by atoms with Crippen molar-refractivity contribution in [1.29, 1.82) is 5.26 Å². The summed E-state index contributed by atoms with van der Waals surface area (Å²) in [5.74, 6) is -0.186. The van der Waals surface area contributed by atoms with E-state index in [1.807, 2.05) is 25.8 Å². The van der Waals surface area contributed by atoms with Gasteiger partial charge in [0, 0.05) is 13.1 Å². The number of halogens is 1. The van der Waals surface area contributed by atoms with Crippen LogP contribution in [0.25, 0.3) is 0 Å². The summed E-state index contributed by atoms with van der Waals surface area (Å²) in [5, 5.41) is 10.0. The number of nitrogens with two attached hydrogens (primary N) is 1.